The van der Waals surface area contributed by atoms with Crippen molar-refractivity contribution in [2.24, 2.45) is 17.0 Å². The molecule has 0 heterocycles. The van der Waals surface area contributed by atoms with E-state index in [2.05, 4.69) is 17.4 Å². The summed E-state index contributed by atoms with van der Waals surface area (Å²) in [5.74, 6) is 1.33. The minimum atomic E-state index is -0.547. The molecule has 114 valence electrons. The molecule has 2 saturated carbocycles. The topological polar surface area (TPSA) is 53.8 Å². The first-order chi connectivity index (χ1) is 10.2. The monoisotopic (exact) mass is 288 g/mol. The van der Waals surface area contributed by atoms with Crippen LogP contribution < -0.4 is 5.32 Å². The van der Waals surface area contributed by atoms with Crippen LogP contribution in [0.2, 0.25) is 0 Å². The van der Waals surface area contributed by atoms with Crippen LogP contribution in [0.4, 0.5) is 5.69 Å². The summed E-state index contributed by atoms with van der Waals surface area (Å²) in [6, 6.07) is 8.12. The zero-order chi connectivity index (χ0) is 14.7. The molecule has 0 radical (unpaired) electrons. The summed E-state index contributed by atoms with van der Waals surface area (Å²) in [5, 5.41) is 17.4. The van der Waals surface area contributed by atoms with Crippen LogP contribution in [0.15, 0.2) is 29.4 Å². The number of aliphatic hydroxyl groups is 1. The van der Waals surface area contributed by atoms with E-state index in [0.29, 0.717) is 18.4 Å². The van der Waals surface area contributed by atoms with Crippen molar-refractivity contribution in [1.82, 2.24) is 0 Å². The van der Waals surface area contributed by atoms with Gasteiger partial charge in [0, 0.05) is 24.1 Å². The third-order valence-corrected chi connectivity index (χ3v) is 4.02. The molecule has 3 rings (SSSR count). The third-order valence-electron chi connectivity index (χ3n) is 4.02. The molecule has 1 aromatic rings. The van der Waals surface area contributed by atoms with Crippen molar-refractivity contribution in [1.29, 1.82) is 0 Å². The molecule has 0 aliphatic heterocycles. The van der Waals surface area contributed by atoms with Crippen molar-refractivity contribution in [3.63, 3.8) is 0 Å². The van der Waals surface area contributed by atoms with Crippen molar-refractivity contribution in [3.8, 4) is 0 Å². The van der Waals surface area contributed by atoms with Gasteiger partial charge in [-0.05, 0) is 44.7 Å². The molecule has 4 heteroatoms. The lowest BCUT2D eigenvalue weighted by molar-refractivity contribution is 0.0461. The number of aliphatic hydroxyl groups excluding tert-OH is 1. The highest BCUT2D eigenvalue weighted by molar-refractivity contribution is 5.92. The number of nitrogens with one attached hydrogen (secondary N) is 1. The van der Waals surface area contributed by atoms with E-state index in [1.165, 1.54) is 37.0 Å². The Balaban J connectivity index is 1.38. The average molecular weight is 288 g/mol. The van der Waals surface area contributed by atoms with Crippen LogP contribution in [0.5, 0.6) is 0 Å². The number of oxime groups is 1. The summed E-state index contributed by atoms with van der Waals surface area (Å²) in [4.78, 5) is 5.37. The fraction of sp³-hybridized carbons (Fsp3) is 0.588. The maximum Gasteiger partial charge on any atom is 0.144 e. The fourth-order valence-corrected chi connectivity index (χ4v) is 2.40. The first-order valence-electron chi connectivity index (χ1n) is 7.90. The predicted octanol–water partition coefficient (Wildman–Crippen LogP) is 2.96. The molecule has 1 aromatic carbocycles. The van der Waals surface area contributed by atoms with E-state index < -0.39 is 6.10 Å². The highest BCUT2D eigenvalue weighted by atomic mass is 16.6. The number of hydrogen-bond donors (Lipinski definition) is 2. The number of nitrogens with zero attached hydrogens (tertiary/aromatic N) is 1. The summed E-state index contributed by atoms with van der Waals surface area (Å²) < 4.78 is 0. The molecule has 2 N–H and O–H groups in total. The van der Waals surface area contributed by atoms with E-state index in [-0.39, 0.29) is 6.61 Å². The van der Waals surface area contributed by atoms with Gasteiger partial charge in [0.25, 0.3) is 0 Å². The van der Waals surface area contributed by atoms with Crippen LogP contribution in [0.1, 0.15) is 31.2 Å². The summed E-state index contributed by atoms with van der Waals surface area (Å²) >= 11 is 0. The Labute approximate surface area is 126 Å². The predicted molar refractivity (Wildman–Crippen MR) is 84.5 cm³/mol. The molecule has 21 heavy (non-hydrogen) atoms. The second kappa shape index (κ2) is 6.48. The van der Waals surface area contributed by atoms with Crippen molar-refractivity contribution in [2.45, 2.75) is 38.7 Å². The van der Waals surface area contributed by atoms with Gasteiger partial charge in [-0.2, -0.15) is 0 Å². The number of anilines is 1. The van der Waals surface area contributed by atoms with Crippen LogP contribution in [-0.4, -0.2) is 30.1 Å². The van der Waals surface area contributed by atoms with Crippen molar-refractivity contribution in [2.75, 3.05) is 18.5 Å². The molecule has 0 spiro atoms. The zero-order valence-corrected chi connectivity index (χ0v) is 12.6. The molecule has 0 saturated heterocycles. The van der Waals surface area contributed by atoms with E-state index in [0.717, 1.165) is 5.69 Å². The Morgan fingerprint density at radius 3 is 2.43 bits per heavy atom. The lowest BCUT2D eigenvalue weighted by Gasteiger charge is -2.12. The van der Waals surface area contributed by atoms with Gasteiger partial charge in [0.2, 0.25) is 0 Å². The van der Waals surface area contributed by atoms with Crippen molar-refractivity contribution >= 4 is 11.4 Å². The third kappa shape index (κ3) is 4.46. The standard InChI is InChI=1S/C17H24N2O2/c1-12-2-8-15(9-3-12)18-10-16(20)11-21-19-17(13-4-5-13)14-6-7-14/h2-3,8-9,13-14,16,18,20H,4-7,10-11H2,1H3/t16-/m0/s1. The van der Waals surface area contributed by atoms with E-state index in [9.17, 15) is 5.11 Å². The minimum Gasteiger partial charge on any atom is -0.393 e. The van der Waals surface area contributed by atoms with Gasteiger partial charge in [0.1, 0.15) is 12.7 Å². The van der Waals surface area contributed by atoms with E-state index in [1.807, 2.05) is 24.3 Å². The molecule has 2 fully saturated rings. The van der Waals surface area contributed by atoms with E-state index in [1.54, 1.807) is 0 Å². The summed E-state index contributed by atoms with van der Waals surface area (Å²) in [6.07, 6.45) is 4.49. The number of benzene rings is 1. The smallest absolute Gasteiger partial charge is 0.144 e. The molecule has 2 aliphatic carbocycles. The second-order valence-electron chi connectivity index (χ2n) is 6.26. The second-order valence-corrected chi connectivity index (χ2v) is 6.26. The molecule has 0 aromatic heterocycles. The number of aryl methyl sites for hydroxylation is 1. The lowest BCUT2D eigenvalue weighted by atomic mass is 10.2. The average Bonchev–Trinajstić information content (AvgIpc) is 3.37. The molecular weight excluding hydrogens is 264 g/mol. The van der Waals surface area contributed by atoms with Gasteiger partial charge in [-0.25, -0.2) is 0 Å². The van der Waals surface area contributed by atoms with Crippen LogP contribution in [-0.2, 0) is 4.84 Å². The minimum absolute atomic E-state index is 0.252. The molecule has 2 aliphatic rings. The van der Waals surface area contributed by atoms with Crippen LogP contribution in [0, 0.1) is 18.8 Å². The molecule has 1 atom stereocenters. The van der Waals surface area contributed by atoms with Crippen molar-refractivity contribution in [3.05, 3.63) is 29.8 Å². The Morgan fingerprint density at radius 2 is 1.86 bits per heavy atom. The van der Waals surface area contributed by atoms with Gasteiger partial charge in [-0.3, -0.25) is 0 Å². The quantitative estimate of drug-likeness (QED) is 0.571. The van der Waals surface area contributed by atoms with Gasteiger partial charge < -0.3 is 15.3 Å². The van der Waals surface area contributed by atoms with Crippen LogP contribution in [0.25, 0.3) is 0 Å². The Bertz CT molecular complexity index is 476. The van der Waals surface area contributed by atoms with Crippen LogP contribution in [0.3, 0.4) is 0 Å². The Hall–Kier alpha value is -1.55. The maximum absolute atomic E-state index is 9.93. The zero-order valence-electron chi connectivity index (χ0n) is 12.6. The van der Waals surface area contributed by atoms with E-state index in [4.69, 9.17) is 4.84 Å². The molecule has 0 unspecified atom stereocenters. The SMILES string of the molecule is Cc1ccc(NC[C@H](O)CON=C(C2CC2)C2CC2)cc1. The molecule has 0 bridgehead atoms. The summed E-state index contributed by atoms with van der Waals surface area (Å²) in [6.45, 7) is 2.78. The van der Waals surface area contributed by atoms with Gasteiger partial charge in [-0.1, -0.05) is 22.9 Å². The lowest BCUT2D eigenvalue weighted by Crippen LogP contribution is -2.24. The number of hydrogen-bond acceptors (Lipinski definition) is 4. The first-order valence-corrected chi connectivity index (χ1v) is 7.90. The fourth-order valence-electron chi connectivity index (χ4n) is 2.40. The molecule has 0 amide bonds. The largest absolute Gasteiger partial charge is 0.393 e. The summed E-state index contributed by atoms with van der Waals surface area (Å²) in [5.41, 5.74) is 3.49. The normalized spacial score (nSPS) is 19.0. The van der Waals surface area contributed by atoms with Gasteiger partial charge >= 0.3 is 0 Å². The Kier molecular flexibility index (Phi) is 4.44. The molecular formula is C17H24N2O2. The van der Waals surface area contributed by atoms with Crippen LogP contribution >= 0.6 is 0 Å². The Morgan fingerprint density at radius 1 is 1.24 bits per heavy atom. The first kappa shape index (κ1) is 14.4. The number of rotatable bonds is 8. The van der Waals surface area contributed by atoms with Gasteiger partial charge in [-0.15, -0.1) is 0 Å². The maximum atomic E-state index is 9.93. The molecule has 4 nitrogen and oxygen atoms in total. The highest BCUT2D eigenvalue weighted by Crippen LogP contribution is 2.42. The van der Waals surface area contributed by atoms with E-state index >= 15 is 0 Å². The highest BCUT2D eigenvalue weighted by Gasteiger charge is 2.38. The van der Waals surface area contributed by atoms with Gasteiger partial charge in [0.15, 0.2) is 0 Å². The van der Waals surface area contributed by atoms with Gasteiger partial charge in [0.05, 0.1) is 5.71 Å². The van der Waals surface area contributed by atoms with Crippen molar-refractivity contribution < 1.29 is 9.94 Å². The summed E-state index contributed by atoms with van der Waals surface area (Å²) in [7, 11) is 0.